The van der Waals surface area contributed by atoms with Crippen LogP contribution in [-0.4, -0.2) is 11.5 Å². The average molecular weight is 272 g/mol. The Morgan fingerprint density at radius 1 is 1.06 bits per heavy atom. The number of hydrogen-bond acceptors (Lipinski definition) is 5. The summed E-state index contributed by atoms with van der Waals surface area (Å²) in [5.74, 6) is -3.40. The summed E-state index contributed by atoms with van der Waals surface area (Å²) < 4.78 is 44.1. The van der Waals surface area contributed by atoms with Crippen molar-refractivity contribution in [2.24, 2.45) is 0 Å². The van der Waals surface area contributed by atoms with E-state index in [0.717, 1.165) is 18.7 Å². The maximum absolute atomic E-state index is 13.5. The van der Waals surface area contributed by atoms with Gasteiger partial charge >= 0.3 is 0 Å². The molecule has 0 unspecified atom stereocenters. The SMILES string of the molecule is CSc1c(F)c(C)c(F)c(F)c1SOOO. The van der Waals surface area contributed by atoms with Gasteiger partial charge in [0.15, 0.2) is 11.6 Å². The largest absolute Gasteiger partial charge is 0.220 e. The Morgan fingerprint density at radius 3 is 2.19 bits per heavy atom. The molecule has 0 fully saturated rings. The normalized spacial score (nSPS) is 10.9. The maximum Gasteiger partial charge on any atom is 0.176 e. The highest BCUT2D eigenvalue weighted by molar-refractivity contribution is 8.00. The predicted molar refractivity (Wildman–Crippen MR) is 53.5 cm³/mol. The zero-order valence-corrected chi connectivity index (χ0v) is 9.85. The summed E-state index contributed by atoms with van der Waals surface area (Å²) in [7, 11) is 0. The van der Waals surface area contributed by atoms with Crippen molar-refractivity contribution in [2.75, 3.05) is 6.26 Å². The predicted octanol–water partition coefficient (Wildman–Crippen LogP) is 3.56. The van der Waals surface area contributed by atoms with Crippen molar-refractivity contribution in [3.8, 4) is 0 Å². The Kier molecular flexibility index (Phi) is 4.93. The first-order chi connectivity index (χ1) is 7.54. The maximum atomic E-state index is 13.5. The van der Waals surface area contributed by atoms with E-state index >= 15 is 0 Å². The molecule has 1 rings (SSSR count). The fourth-order valence-electron chi connectivity index (χ4n) is 1.04. The monoisotopic (exact) mass is 272 g/mol. The molecule has 1 N–H and O–H groups in total. The Bertz CT molecular complexity index is 401. The quantitative estimate of drug-likeness (QED) is 0.298. The van der Waals surface area contributed by atoms with Gasteiger partial charge in [0.1, 0.15) is 5.82 Å². The van der Waals surface area contributed by atoms with E-state index < -0.39 is 27.9 Å². The smallest absolute Gasteiger partial charge is 0.176 e. The molecule has 0 heterocycles. The first-order valence-electron chi connectivity index (χ1n) is 3.90. The number of halogens is 3. The van der Waals surface area contributed by atoms with Crippen LogP contribution < -0.4 is 0 Å². The van der Waals surface area contributed by atoms with Crippen molar-refractivity contribution in [2.45, 2.75) is 16.7 Å². The van der Waals surface area contributed by atoms with Crippen LogP contribution in [0.4, 0.5) is 13.2 Å². The standard InChI is InChI=1S/C8H7F3O3S2/c1-3-4(9)6(11)8(16-14-13-12)7(15-2)5(3)10/h12H,1-2H3. The van der Waals surface area contributed by atoms with Crippen molar-refractivity contribution in [3.05, 3.63) is 23.0 Å². The van der Waals surface area contributed by atoms with Crippen LogP contribution in [0.1, 0.15) is 5.56 Å². The van der Waals surface area contributed by atoms with Crippen LogP contribution >= 0.6 is 23.8 Å². The molecular weight excluding hydrogens is 265 g/mol. The van der Waals surface area contributed by atoms with Gasteiger partial charge < -0.3 is 0 Å². The molecule has 0 spiro atoms. The van der Waals surface area contributed by atoms with Crippen molar-refractivity contribution in [3.63, 3.8) is 0 Å². The van der Waals surface area contributed by atoms with Crippen molar-refractivity contribution in [1.82, 2.24) is 0 Å². The van der Waals surface area contributed by atoms with E-state index in [2.05, 4.69) is 9.37 Å². The molecule has 16 heavy (non-hydrogen) atoms. The van der Waals surface area contributed by atoms with E-state index in [-0.39, 0.29) is 16.9 Å². The van der Waals surface area contributed by atoms with E-state index in [1.165, 1.54) is 6.26 Å². The zero-order valence-electron chi connectivity index (χ0n) is 8.21. The second kappa shape index (κ2) is 5.78. The van der Waals surface area contributed by atoms with Crippen LogP contribution in [0.3, 0.4) is 0 Å². The molecule has 0 saturated heterocycles. The highest BCUT2D eigenvalue weighted by Crippen LogP contribution is 2.37. The molecule has 0 saturated carbocycles. The average Bonchev–Trinajstić information content (AvgIpc) is 2.29. The third kappa shape index (κ3) is 2.46. The molecule has 90 valence electrons. The lowest BCUT2D eigenvalue weighted by molar-refractivity contribution is -0.432. The summed E-state index contributed by atoms with van der Waals surface area (Å²) in [6.45, 7) is 1.13. The van der Waals surface area contributed by atoms with Gasteiger partial charge in [0.25, 0.3) is 0 Å². The Balaban J connectivity index is 3.33. The van der Waals surface area contributed by atoms with Gasteiger partial charge in [-0.2, -0.15) is 0 Å². The lowest BCUT2D eigenvalue weighted by Crippen LogP contribution is -2.00. The van der Waals surface area contributed by atoms with Crippen LogP contribution in [0.5, 0.6) is 0 Å². The summed E-state index contributed by atoms with van der Waals surface area (Å²) in [5.41, 5.74) is -0.406. The molecule has 3 nitrogen and oxygen atoms in total. The molecule has 0 bridgehead atoms. The molecule has 1 aromatic carbocycles. The first-order valence-corrected chi connectivity index (χ1v) is 5.87. The minimum Gasteiger partial charge on any atom is -0.220 e. The molecule has 8 heteroatoms. The third-order valence-corrected chi connectivity index (χ3v) is 3.41. The van der Waals surface area contributed by atoms with E-state index in [0.29, 0.717) is 0 Å². The van der Waals surface area contributed by atoms with E-state index in [9.17, 15) is 13.2 Å². The van der Waals surface area contributed by atoms with Crippen LogP contribution in [-0.2, 0) is 9.37 Å². The zero-order chi connectivity index (χ0) is 12.3. The van der Waals surface area contributed by atoms with Gasteiger partial charge in [0.2, 0.25) is 0 Å². The lowest BCUT2D eigenvalue weighted by atomic mass is 10.2. The molecule has 0 radical (unpaired) electrons. The van der Waals surface area contributed by atoms with Crippen LogP contribution in [0.25, 0.3) is 0 Å². The molecule has 0 atom stereocenters. The van der Waals surface area contributed by atoms with Gasteiger partial charge in [-0.1, -0.05) is 5.04 Å². The van der Waals surface area contributed by atoms with Crippen molar-refractivity contribution < 1.29 is 27.8 Å². The summed E-state index contributed by atoms with van der Waals surface area (Å²) in [4.78, 5) is -0.527. The van der Waals surface area contributed by atoms with Gasteiger partial charge in [-0.25, -0.2) is 18.4 Å². The molecule has 0 amide bonds. The molecule has 0 aliphatic rings. The van der Waals surface area contributed by atoms with Crippen LogP contribution in [0.15, 0.2) is 9.79 Å². The molecule has 0 aromatic heterocycles. The number of rotatable bonds is 4. The second-order valence-electron chi connectivity index (χ2n) is 2.66. The van der Waals surface area contributed by atoms with Crippen molar-refractivity contribution in [1.29, 1.82) is 0 Å². The topological polar surface area (TPSA) is 38.7 Å². The first kappa shape index (κ1) is 13.7. The van der Waals surface area contributed by atoms with Gasteiger partial charge in [-0.15, -0.1) is 16.1 Å². The van der Waals surface area contributed by atoms with Gasteiger partial charge in [0.05, 0.1) is 21.8 Å². The Labute approximate surface area is 98.0 Å². The third-order valence-electron chi connectivity index (χ3n) is 1.81. The summed E-state index contributed by atoms with van der Waals surface area (Å²) in [5, 5.41) is 11.2. The minimum absolute atomic E-state index is 0.113. The second-order valence-corrected chi connectivity index (χ2v) is 4.18. The van der Waals surface area contributed by atoms with Gasteiger partial charge in [0, 0.05) is 5.56 Å². The summed E-state index contributed by atoms with van der Waals surface area (Å²) in [6, 6.07) is 0. The highest BCUT2D eigenvalue weighted by atomic mass is 32.2. The Hall–Kier alpha value is -0.410. The lowest BCUT2D eigenvalue weighted by Gasteiger charge is -2.10. The number of benzene rings is 1. The Morgan fingerprint density at radius 2 is 1.69 bits per heavy atom. The fraction of sp³-hybridized carbons (Fsp3) is 0.250. The van der Waals surface area contributed by atoms with Crippen LogP contribution in [0.2, 0.25) is 0 Å². The van der Waals surface area contributed by atoms with E-state index in [4.69, 9.17) is 5.26 Å². The molecule has 0 aliphatic heterocycles. The summed E-state index contributed by atoms with van der Waals surface area (Å²) in [6.07, 6.45) is 1.50. The number of thioether (sulfide) groups is 1. The van der Waals surface area contributed by atoms with Crippen LogP contribution in [0, 0.1) is 24.4 Å². The molecule has 0 aliphatic carbocycles. The van der Waals surface area contributed by atoms with E-state index in [1.807, 2.05) is 0 Å². The van der Waals surface area contributed by atoms with Gasteiger partial charge in [-0.3, -0.25) is 0 Å². The van der Waals surface area contributed by atoms with Gasteiger partial charge in [-0.05, 0) is 13.2 Å². The molecular formula is C8H7F3O3S2. The summed E-state index contributed by atoms with van der Waals surface area (Å²) >= 11 is 1.08. The fourth-order valence-corrected chi connectivity index (χ4v) is 2.42. The number of hydrogen-bond donors (Lipinski definition) is 1. The molecule has 1 aromatic rings. The van der Waals surface area contributed by atoms with Crippen molar-refractivity contribution >= 4 is 23.8 Å². The van der Waals surface area contributed by atoms with E-state index in [1.54, 1.807) is 0 Å². The minimum atomic E-state index is -1.29. The highest BCUT2D eigenvalue weighted by Gasteiger charge is 2.23.